The molecule has 0 aromatic carbocycles. The van der Waals surface area contributed by atoms with Gasteiger partial charge in [-0.3, -0.25) is 9.59 Å². The third-order valence-corrected chi connectivity index (χ3v) is 3.19. The number of rotatable bonds is 5. The number of carbonyl (C=O) groups excluding carboxylic acids is 2. The van der Waals surface area contributed by atoms with E-state index in [0.717, 1.165) is 0 Å². The van der Waals surface area contributed by atoms with Crippen molar-refractivity contribution < 1.29 is 29.4 Å². The second kappa shape index (κ2) is 5.73. The second-order valence-corrected chi connectivity index (χ2v) is 7.03. The van der Waals surface area contributed by atoms with E-state index in [-0.39, 0.29) is 0 Å². The van der Waals surface area contributed by atoms with Crippen LogP contribution in [-0.4, -0.2) is 33.7 Å². The molecule has 0 amide bonds. The molecule has 0 rings (SSSR count). The van der Waals surface area contributed by atoms with Crippen molar-refractivity contribution in [2.75, 3.05) is 0 Å². The van der Waals surface area contributed by atoms with E-state index in [0.29, 0.717) is 0 Å². The summed E-state index contributed by atoms with van der Waals surface area (Å²) >= 11 is 0. The maximum absolute atomic E-state index is 12.0. The topological polar surface area (TPSA) is 109 Å². The van der Waals surface area contributed by atoms with E-state index in [2.05, 4.69) is 0 Å². The number of hydrogen-bond acceptors (Lipinski definition) is 4. The van der Waals surface area contributed by atoms with Gasteiger partial charge in [0, 0.05) is 11.8 Å². The first-order chi connectivity index (χ1) is 8.71. The smallest absolute Gasteiger partial charge is 0.372 e. The van der Waals surface area contributed by atoms with Crippen LogP contribution in [0.4, 0.5) is 0 Å². The van der Waals surface area contributed by atoms with E-state index >= 15 is 0 Å². The van der Waals surface area contributed by atoms with Crippen molar-refractivity contribution in [3.05, 3.63) is 0 Å². The Morgan fingerprint density at radius 2 is 0.850 bits per heavy atom. The van der Waals surface area contributed by atoms with Crippen molar-refractivity contribution in [2.45, 2.75) is 41.5 Å². The minimum atomic E-state index is -1.66. The van der Waals surface area contributed by atoms with Gasteiger partial charge in [0.05, 0.1) is 0 Å². The molecule has 0 aliphatic carbocycles. The molecule has 6 heteroatoms. The normalized spacial score (nSPS) is 15.3. The van der Waals surface area contributed by atoms with Gasteiger partial charge in [-0.25, -0.2) is 9.59 Å². The lowest BCUT2D eigenvalue weighted by Crippen LogP contribution is -2.49. The summed E-state index contributed by atoms with van der Waals surface area (Å²) in [5, 5.41) is 17.9. The van der Waals surface area contributed by atoms with Gasteiger partial charge in [-0.1, -0.05) is 41.5 Å². The Hall–Kier alpha value is -1.72. The molecule has 2 atom stereocenters. The standard InChI is InChI=1S/C14H22O6/c1-13(2,3)7(9(15)11(17)18)8(14(4,5)6)10(16)12(19)20/h7-8H,1-6H3,(H,17,18)(H,19,20). The fourth-order valence-electron chi connectivity index (χ4n) is 2.36. The zero-order chi connectivity index (χ0) is 16.5. The van der Waals surface area contributed by atoms with E-state index in [4.69, 9.17) is 10.2 Å². The van der Waals surface area contributed by atoms with Crippen LogP contribution in [-0.2, 0) is 19.2 Å². The molecule has 0 radical (unpaired) electrons. The van der Waals surface area contributed by atoms with Crippen molar-refractivity contribution in [3.8, 4) is 0 Å². The Bertz CT molecular complexity index is 394. The summed E-state index contributed by atoms with van der Waals surface area (Å²) < 4.78 is 0. The first-order valence-corrected chi connectivity index (χ1v) is 6.25. The lowest BCUT2D eigenvalue weighted by Gasteiger charge is -2.40. The minimum absolute atomic E-state index is 0.849. The lowest BCUT2D eigenvalue weighted by molar-refractivity contribution is -0.161. The van der Waals surface area contributed by atoms with Crippen LogP contribution < -0.4 is 0 Å². The highest BCUT2D eigenvalue weighted by molar-refractivity contribution is 6.38. The van der Waals surface area contributed by atoms with Crippen LogP contribution in [0.5, 0.6) is 0 Å². The molecule has 0 saturated heterocycles. The second-order valence-electron chi connectivity index (χ2n) is 7.03. The van der Waals surface area contributed by atoms with Crippen LogP contribution in [0.3, 0.4) is 0 Å². The Morgan fingerprint density at radius 1 is 0.650 bits per heavy atom. The zero-order valence-electron chi connectivity index (χ0n) is 12.7. The van der Waals surface area contributed by atoms with E-state index in [1.165, 1.54) is 0 Å². The van der Waals surface area contributed by atoms with Crippen molar-refractivity contribution in [3.63, 3.8) is 0 Å². The average Bonchev–Trinajstić information content (AvgIpc) is 2.19. The van der Waals surface area contributed by atoms with Gasteiger partial charge in [-0.05, 0) is 10.8 Å². The summed E-state index contributed by atoms with van der Waals surface area (Å²) in [6.07, 6.45) is 0. The van der Waals surface area contributed by atoms with Gasteiger partial charge >= 0.3 is 11.9 Å². The van der Waals surface area contributed by atoms with Crippen LogP contribution in [0.15, 0.2) is 0 Å². The highest BCUT2D eigenvalue weighted by Gasteiger charge is 2.50. The molecule has 0 aliphatic heterocycles. The van der Waals surface area contributed by atoms with Crippen molar-refractivity contribution in [1.29, 1.82) is 0 Å². The molecule has 0 fully saturated rings. The number of aliphatic carboxylic acids is 2. The highest BCUT2D eigenvalue weighted by atomic mass is 16.4. The van der Waals surface area contributed by atoms with Crippen molar-refractivity contribution >= 4 is 23.5 Å². The summed E-state index contributed by atoms with van der Waals surface area (Å²) in [6, 6.07) is 0. The SMILES string of the molecule is CC(C)(C)C(C(=O)C(=O)O)C(C(=O)C(=O)O)C(C)(C)C. The van der Waals surface area contributed by atoms with Crippen molar-refractivity contribution in [2.24, 2.45) is 22.7 Å². The fourth-order valence-corrected chi connectivity index (χ4v) is 2.36. The van der Waals surface area contributed by atoms with E-state index in [1.54, 1.807) is 41.5 Å². The summed E-state index contributed by atoms with van der Waals surface area (Å²) in [5.74, 6) is -7.99. The number of hydrogen-bond donors (Lipinski definition) is 2. The number of Topliss-reactive ketones (excluding diaryl/α,β-unsaturated/α-hetero) is 2. The van der Waals surface area contributed by atoms with Gasteiger partial charge in [0.2, 0.25) is 11.6 Å². The number of carbonyl (C=O) groups is 4. The highest BCUT2D eigenvalue weighted by Crippen LogP contribution is 2.42. The maximum Gasteiger partial charge on any atom is 0.372 e. The van der Waals surface area contributed by atoms with Gasteiger partial charge in [-0.15, -0.1) is 0 Å². The lowest BCUT2D eigenvalue weighted by atomic mass is 9.61. The first-order valence-electron chi connectivity index (χ1n) is 6.25. The van der Waals surface area contributed by atoms with Gasteiger partial charge in [0.1, 0.15) is 0 Å². The third-order valence-electron chi connectivity index (χ3n) is 3.19. The van der Waals surface area contributed by atoms with E-state index < -0.39 is 46.2 Å². The molecule has 0 spiro atoms. The van der Waals surface area contributed by atoms with Crippen LogP contribution in [0.1, 0.15) is 41.5 Å². The monoisotopic (exact) mass is 286 g/mol. The van der Waals surface area contributed by atoms with Gasteiger partial charge in [0.25, 0.3) is 0 Å². The van der Waals surface area contributed by atoms with Crippen LogP contribution >= 0.6 is 0 Å². The zero-order valence-corrected chi connectivity index (χ0v) is 12.7. The molecule has 114 valence electrons. The Balaban J connectivity index is 6.05. The first kappa shape index (κ1) is 18.3. The molecular weight excluding hydrogens is 264 g/mol. The van der Waals surface area contributed by atoms with Gasteiger partial charge in [0.15, 0.2) is 0 Å². The molecule has 0 heterocycles. The molecule has 2 unspecified atom stereocenters. The van der Waals surface area contributed by atoms with E-state index in [1.807, 2.05) is 0 Å². The summed E-state index contributed by atoms with van der Waals surface area (Å²) in [6.45, 7) is 9.70. The summed E-state index contributed by atoms with van der Waals surface area (Å²) in [5.41, 5.74) is -1.70. The molecule has 0 bridgehead atoms. The van der Waals surface area contributed by atoms with Gasteiger partial charge in [-0.2, -0.15) is 0 Å². The minimum Gasteiger partial charge on any atom is -0.475 e. The number of carboxylic acids is 2. The molecule has 0 saturated carbocycles. The third kappa shape index (κ3) is 4.15. The molecule has 20 heavy (non-hydrogen) atoms. The van der Waals surface area contributed by atoms with Gasteiger partial charge < -0.3 is 10.2 Å². The Kier molecular flexibility index (Phi) is 5.23. The molecule has 0 aromatic rings. The van der Waals surface area contributed by atoms with Crippen LogP contribution in [0.25, 0.3) is 0 Å². The molecule has 6 nitrogen and oxygen atoms in total. The average molecular weight is 286 g/mol. The van der Waals surface area contributed by atoms with E-state index in [9.17, 15) is 19.2 Å². The number of carboxylic acid groups (broad SMARTS) is 2. The molecule has 0 aliphatic rings. The quantitative estimate of drug-likeness (QED) is 0.743. The predicted molar refractivity (Wildman–Crippen MR) is 71.2 cm³/mol. The summed E-state index contributed by atoms with van der Waals surface area (Å²) in [7, 11) is 0. The fraction of sp³-hybridized carbons (Fsp3) is 0.714. The predicted octanol–water partition coefficient (Wildman–Crippen LogP) is 1.62. The molecule has 2 N–H and O–H groups in total. The Labute approximate surface area is 118 Å². The maximum atomic E-state index is 12.0. The summed E-state index contributed by atoms with van der Waals surface area (Å²) in [4.78, 5) is 45.9. The largest absolute Gasteiger partial charge is 0.475 e. The van der Waals surface area contributed by atoms with Crippen LogP contribution in [0, 0.1) is 22.7 Å². The number of ketones is 2. The van der Waals surface area contributed by atoms with Crippen LogP contribution in [0.2, 0.25) is 0 Å². The van der Waals surface area contributed by atoms with Crippen molar-refractivity contribution in [1.82, 2.24) is 0 Å². The molecular formula is C14H22O6. The Morgan fingerprint density at radius 3 is 0.950 bits per heavy atom. The molecule has 0 aromatic heterocycles.